The Labute approximate surface area is 132 Å². The van der Waals surface area contributed by atoms with Gasteiger partial charge < -0.3 is 15.6 Å². The quantitative estimate of drug-likeness (QED) is 0.740. The average molecular weight is 319 g/mol. The maximum atomic E-state index is 11.9. The second-order valence-corrected chi connectivity index (χ2v) is 5.57. The molecule has 0 aliphatic rings. The highest BCUT2D eigenvalue weighted by Crippen LogP contribution is 2.16. The number of rotatable bonds is 7. The first kappa shape index (κ1) is 16.0. The molecule has 2 rings (SSSR count). The third-order valence-corrected chi connectivity index (χ3v) is 3.93. The van der Waals surface area contributed by atoms with Crippen molar-refractivity contribution in [1.82, 2.24) is 14.8 Å². The number of anilines is 1. The van der Waals surface area contributed by atoms with Gasteiger partial charge in [-0.3, -0.25) is 9.59 Å². The summed E-state index contributed by atoms with van der Waals surface area (Å²) in [6.07, 6.45) is 0.667. The number of amides is 2. The Morgan fingerprint density at radius 2 is 2.00 bits per heavy atom. The van der Waals surface area contributed by atoms with Crippen LogP contribution in [0.25, 0.3) is 0 Å². The Morgan fingerprint density at radius 3 is 2.68 bits per heavy atom. The van der Waals surface area contributed by atoms with Crippen LogP contribution < -0.4 is 11.1 Å². The van der Waals surface area contributed by atoms with Crippen LogP contribution in [0.2, 0.25) is 0 Å². The number of hydrogen-bond acceptors (Lipinski definition) is 5. The number of para-hydroxylation sites is 1. The number of carbonyl (C=O) groups excluding carboxylic acids is 2. The summed E-state index contributed by atoms with van der Waals surface area (Å²) in [5, 5.41) is 11.4. The Hall–Kier alpha value is -2.35. The van der Waals surface area contributed by atoms with Crippen LogP contribution in [0.1, 0.15) is 12.2 Å². The molecule has 7 nitrogen and oxygen atoms in total. The normalized spacial score (nSPS) is 10.4. The molecule has 0 radical (unpaired) electrons. The van der Waals surface area contributed by atoms with Crippen LogP contribution in [-0.4, -0.2) is 32.3 Å². The summed E-state index contributed by atoms with van der Waals surface area (Å²) in [5.74, 6) is 0.415. The summed E-state index contributed by atoms with van der Waals surface area (Å²) in [5.41, 5.74) is 5.87. The van der Waals surface area contributed by atoms with Crippen molar-refractivity contribution >= 4 is 29.3 Å². The molecule has 1 aromatic heterocycles. The molecule has 8 heteroatoms. The first-order chi connectivity index (χ1) is 10.6. The van der Waals surface area contributed by atoms with Crippen molar-refractivity contribution < 1.29 is 9.59 Å². The Bertz CT molecular complexity index is 657. The van der Waals surface area contributed by atoms with Crippen LogP contribution >= 0.6 is 11.8 Å². The first-order valence-electron chi connectivity index (χ1n) is 6.70. The van der Waals surface area contributed by atoms with Crippen LogP contribution in [0.5, 0.6) is 0 Å². The number of carbonyl (C=O) groups is 2. The van der Waals surface area contributed by atoms with E-state index in [0.29, 0.717) is 17.4 Å². The number of primary amides is 1. The van der Waals surface area contributed by atoms with Gasteiger partial charge in [0.25, 0.3) is 0 Å². The Kier molecular flexibility index (Phi) is 5.54. The predicted octanol–water partition coefficient (Wildman–Crippen LogP) is 0.964. The van der Waals surface area contributed by atoms with Crippen molar-refractivity contribution in [2.75, 3.05) is 11.1 Å². The molecule has 3 N–H and O–H groups in total. The summed E-state index contributed by atoms with van der Waals surface area (Å²) >= 11 is 1.29. The van der Waals surface area contributed by atoms with E-state index in [1.807, 2.05) is 30.3 Å². The molecule has 1 aromatic carbocycles. The van der Waals surface area contributed by atoms with Crippen molar-refractivity contribution in [3.63, 3.8) is 0 Å². The summed E-state index contributed by atoms with van der Waals surface area (Å²) in [7, 11) is 1.80. The van der Waals surface area contributed by atoms with E-state index in [2.05, 4.69) is 15.5 Å². The minimum absolute atomic E-state index is 0.113. The van der Waals surface area contributed by atoms with Crippen molar-refractivity contribution in [2.24, 2.45) is 12.8 Å². The highest BCUT2D eigenvalue weighted by atomic mass is 32.2. The molecule has 1 heterocycles. The van der Waals surface area contributed by atoms with Crippen molar-refractivity contribution in [1.29, 1.82) is 0 Å². The molecule has 0 fully saturated rings. The molecule has 2 aromatic rings. The summed E-state index contributed by atoms with van der Waals surface area (Å²) < 4.78 is 1.77. The van der Waals surface area contributed by atoms with E-state index in [4.69, 9.17) is 5.73 Å². The predicted molar refractivity (Wildman–Crippen MR) is 84.3 cm³/mol. The standard InChI is InChI=1S/C14H17N5O2S/c1-19-12(8-7-11(15)20)17-18-14(19)22-9-13(21)16-10-5-3-2-4-6-10/h2-6H,7-9H2,1H3,(H2,15,20)(H,16,21). The number of aromatic nitrogens is 3. The van der Waals surface area contributed by atoms with E-state index in [1.54, 1.807) is 11.6 Å². The second-order valence-electron chi connectivity index (χ2n) is 4.63. The fourth-order valence-corrected chi connectivity index (χ4v) is 2.50. The van der Waals surface area contributed by atoms with Gasteiger partial charge in [-0.05, 0) is 12.1 Å². The fourth-order valence-electron chi connectivity index (χ4n) is 1.77. The van der Waals surface area contributed by atoms with Gasteiger partial charge in [-0.25, -0.2) is 0 Å². The summed E-state index contributed by atoms with van der Waals surface area (Å²) in [4.78, 5) is 22.7. The van der Waals surface area contributed by atoms with Gasteiger partial charge in [0.1, 0.15) is 5.82 Å². The maximum absolute atomic E-state index is 11.9. The van der Waals surface area contributed by atoms with Crippen LogP contribution in [-0.2, 0) is 23.1 Å². The van der Waals surface area contributed by atoms with Crippen molar-refractivity contribution in [3.05, 3.63) is 36.2 Å². The van der Waals surface area contributed by atoms with Crippen molar-refractivity contribution in [2.45, 2.75) is 18.0 Å². The molecule has 2 amide bonds. The lowest BCUT2D eigenvalue weighted by molar-refractivity contribution is -0.118. The van der Waals surface area contributed by atoms with Crippen LogP contribution in [0.4, 0.5) is 5.69 Å². The monoisotopic (exact) mass is 319 g/mol. The van der Waals surface area contributed by atoms with E-state index in [1.165, 1.54) is 11.8 Å². The van der Waals surface area contributed by atoms with E-state index in [9.17, 15) is 9.59 Å². The molecule has 0 aliphatic heterocycles. The molecule has 0 atom stereocenters. The third kappa shape index (κ3) is 4.59. The van der Waals surface area contributed by atoms with Gasteiger partial charge in [-0.1, -0.05) is 30.0 Å². The molecule has 22 heavy (non-hydrogen) atoms. The van der Waals surface area contributed by atoms with Gasteiger partial charge in [-0.2, -0.15) is 0 Å². The zero-order chi connectivity index (χ0) is 15.9. The lowest BCUT2D eigenvalue weighted by Crippen LogP contribution is -2.14. The average Bonchev–Trinajstić information content (AvgIpc) is 2.84. The number of nitrogens with two attached hydrogens (primary N) is 1. The molecule has 0 bridgehead atoms. The highest BCUT2D eigenvalue weighted by Gasteiger charge is 2.12. The van der Waals surface area contributed by atoms with Gasteiger partial charge in [-0.15, -0.1) is 10.2 Å². The Balaban J connectivity index is 1.86. The molecule has 0 unspecified atom stereocenters. The molecule has 116 valence electrons. The topological polar surface area (TPSA) is 103 Å². The summed E-state index contributed by atoms with van der Waals surface area (Å²) in [6.45, 7) is 0. The smallest absolute Gasteiger partial charge is 0.234 e. The van der Waals surface area contributed by atoms with Crippen LogP contribution in [0, 0.1) is 0 Å². The first-order valence-corrected chi connectivity index (χ1v) is 7.69. The van der Waals surface area contributed by atoms with E-state index >= 15 is 0 Å². The van der Waals surface area contributed by atoms with Crippen molar-refractivity contribution in [3.8, 4) is 0 Å². The number of hydrogen-bond donors (Lipinski definition) is 2. The minimum atomic E-state index is -0.376. The van der Waals surface area contributed by atoms with Gasteiger partial charge >= 0.3 is 0 Å². The molecule has 0 spiro atoms. The zero-order valence-corrected chi connectivity index (χ0v) is 13.0. The number of nitrogens with one attached hydrogen (secondary N) is 1. The van der Waals surface area contributed by atoms with Gasteiger partial charge in [0.05, 0.1) is 5.75 Å². The second kappa shape index (κ2) is 7.60. The molecule has 0 saturated carbocycles. The third-order valence-electron chi connectivity index (χ3n) is 2.91. The number of nitrogens with zero attached hydrogens (tertiary/aromatic N) is 3. The lowest BCUT2D eigenvalue weighted by atomic mass is 10.3. The van der Waals surface area contributed by atoms with E-state index in [-0.39, 0.29) is 24.0 Å². The number of thioether (sulfide) groups is 1. The lowest BCUT2D eigenvalue weighted by Gasteiger charge is -2.05. The van der Waals surface area contributed by atoms with Gasteiger partial charge in [0, 0.05) is 25.6 Å². The molecule has 0 aliphatic carbocycles. The zero-order valence-electron chi connectivity index (χ0n) is 12.2. The minimum Gasteiger partial charge on any atom is -0.370 e. The van der Waals surface area contributed by atoms with Crippen LogP contribution in [0.3, 0.4) is 0 Å². The summed E-state index contributed by atoms with van der Waals surface area (Å²) in [6, 6.07) is 9.25. The Morgan fingerprint density at radius 1 is 1.27 bits per heavy atom. The number of benzene rings is 1. The fraction of sp³-hybridized carbons (Fsp3) is 0.286. The largest absolute Gasteiger partial charge is 0.370 e. The molecular formula is C14H17N5O2S. The number of aryl methyl sites for hydroxylation is 1. The van der Waals surface area contributed by atoms with Gasteiger partial charge in [0.2, 0.25) is 11.8 Å². The maximum Gasteiger partial charge on any atom is 0.234 e. The highest BCUT2D eigenvalue weighted by molar-refractivity contribution is 7.99. The van der Waals surface area contributed by atoms with Crippen LogP contribution in [0.15, 0.2) is 35.5 Å². The SMILES string of the molecule is Cn1c(CCC(N)=O)nnc1SCC(=O)Nc1ccccc1. The molecule has 0 saturated heterocycles. The van der Waals surface area contributed by atoms with Gasteiger partial charge in [0.15, 0.2) is 5.16 Å². The van der Waals surface area contributed by atoms with E-state index in [0.717, 1.165) is 5.69 Å². The molecular weight excluding hydrogens is 302 g/mol. The van der Waals surface area contributed by atoms with E-state index < -0.39 is 0 Å².